The lowest BCUT2D eigenvalue weighted by atomic mass is 10.0. The van der Waals surface area contributed by atoms with Gasteiger partial charge < -0.3 is 19.3 Å². The first-order valence-corrected chi connectivity index (χ1v) is 26.1. The number of phosphoric ester groups is 1. The van der Waals surface area contributed by atoms with E-state index in [2.05, 4.69) is 73.1 Å². The molecule has 0 fully saturated rings. The predicted octanol–water partition coefficient (Wildman–Crippen LogP) is 15.6. The summed E-state index contributed by atoms with van der Waals surface area (Å²) in [7, 11) is -4.78. The van der Waals surface area contributed by atoms with Gasteiger partial charge in [0.2, 0.25) is 0 Å². The standard InChI is InChI=1S/C51H91O8P/c1-3-5-7-9-11-13-15-17-19-21-23-25-27-29-31-33-35-37-39-41-43-45-50(52)57-47-49(48-58-60(54,55)56)59-51(53)46-44-42-40-38-36-34-32-30-28-26-24-22-20-18-16-14-12-10-8-6-4-2/h17,19-20,22,26,28,32,34,38,40,49H,3-16,18,21,23-25,27,29-31,33,35-37,39,41-48H2,1-2H3,(H2,54,55,56)/b19-17+,22-20+,28-26+,34-32+,40-38+/t49-/m1/s1. The van der Waals surface area contributed by atoms with Crippen molar-refractivity contribution in [3.05, 3.63) is 60.8 Å². The van der Waals surface area contributed by atoms with Crippen molar-refractivity contribution in [2.24, 2.45) is 0 Å². The molecular weight excluding hydrogens is 772 g/mol. The fourth-order valence-electron chi connectivity index (χ4n) is 6.83. The van der Waals surface area contributed by atoms with Crippen LogP contribution >= 0.6 is 7.82 Å². The van der Waals surface area contributed by atoms with Crippen LogP contribution in [0.3, 0.4) is 0 Å². The van der Waals surface area contributed by atoms with E-state index in [1.54, 1.807) is 0 Å². The molecule has 0 aliphatic heterocycles. The lowest BCUT2D eigenvalue weighted by Gasteiger charge is -2.18. The van der Waals surface area contributed by atoms with Crippen LogP contribution in [0.15, 0.2) is 60.8 Å². The largest absolute Gasteiger partial charge is 0.469 e. The fraction of sp³-hybridized carbons (Fsp3) is 0.765. The quantitative estimate of drug-likeness (QED) is 0.0269. The minimum atomic E-state index is -4.78. The average molecular weight is 863 g/mol. The molecule has 0 heterocycles. The molecule has 1 atom stereocenters. The second-order valence-corrected chi connectivity index (χ2v) is 17.7. The molecule has 0 saturated heterocycles. The summed E-state index contributed by atoms with van der Waals surface area (Å²) in [6, 6.07) is 0. The maximum atomic E-state index is 12.4. The number of carbonyl (C=O) groups is 2. The molecule has 0 radical (unpaired) electrons. The molecule has 348 valence electrons. The first-order chi connectivity index (χ1) is 29.3. The number of allylic oxidation sites excluding steroid dienone is 10. The van der Waals surface area contributed by atoms with Gasteiger partial charge in [0.25, 0.3) is 0 Å². The van der Waals surface area contributed by atoms with Crippen LogP contribution in [-0.2, 0) is 28.2 Å². The SMILES string of the molecule is CCCCCCCC/C=C/CCCCCCCCCCCCCC(=O)OC[C@H](COP(=O)(O)O)OC(=O)CCC/C=C/C/C=C/C/C=C/C/C=C/CCCCCCCCC. The number of ether oxygens (including phenoxy) is 2. The van der Waals surface area contributed by atoms with Crippen LogP contribution in [0.5, 0.6) is 0 Å². The predicted molar refractivity (Wildman–Crippen MR) is 253 cm³/mol. The van der Waals surface area contributed by atoms with E-state index in [-0.39, 0.29) is 19.4 Å². The van der Waals surface area contributed by atoms with Gasteiger partial charge in [-0.25, -0.2) is 4.57 Å². The smallest absolute Gasteiger partial charge is 0.462 e. The fourth-order valence-corrected chi connectivity index (χ4v) is 7.19. The van der Waals surface area contributed by atoms with Crippen LogP contribution in [0.1, 0.15) is 232 Å². The maximum absolute atomic E-state index is 12.4. The monoisotopic (exact) mass is 863 g/mol. The Morgan fingerprint density at radius 2 is 0.767 bits per heavy atom. The number of unbranched alkanes of at least 4 members (excludes halogenated alkanes) is 25. The zero-order valence-corrected chi connectivity index (χ0v) is 39.5. The van der Waals surface area contributed by atoms with Crippen molar-refractivity contribution in [1.29, 1.82) is 0 Å². The Balaban J connectivity index is 3.94. The highest BCUT2D eigenvalue weighted by Gasteiger charge is 2.22. The van der Waals surface area contributed by atoms with Crippen molar-refractivity contribution in [3.8, 4) is 0 Å². The lowest BCUT2D eigenvalue weighted by Crippen LogP contribution is -2.29. The zero-order chi connectivity index (χ0) is 43.9. The molecule has 8 nitrogen and oxygen atoms in total. The van der Waals surface area contributed by atoms with Crippen LogP contribution in [0, 0.1) is 0 Å². The van der Waals surface area contributed by atoms with Crippen molar-refractivity contribution in [3.63, 3.8) is 0 Å². The molecule has 0 saturated carbocycles. The number of hydrogen-bond donors (Lipinski definition) is 2. The number of hydrogen-bond acceptors (Lipinski definition) is 6. The van der Waals surface area contributed by atoms with Crippen molar-refractivity contribution >= 4 is 19.8 Å². The first kappa shape index (κ1) is 57.8. The Morgan fingerprint density at radius 1 is 0.433 bits per heavy atom. The van der Waals surface area contributed by atoms with Crippen molar-refractivity contribution in [2.45, 2.75) is 238 Å². The zero-order valence-electron chi connectivity index (χ0n) is 38.6. The molecule has 0 aromatic carbocycles. The third-order valence-corrected chi connectivity index (χ3v) is 11.0. The van der Waals surface area contributed by atoms with Crippen molar-refractivity contribution in [1.82, 2.24) is 0 Å². The van der Waals surface area contributed by atoms with Crippen LogP contribution in [0.4, 0.5) is 0 Å². The summed E-state index contributed by atoms with van der Waals surface area (Å²) >= 11 is 0. The molecule has 60 heavy (non-hydrogen) atoms. The summed E-state index contributed by atoms with van der Waals surface area (Å²) in [5.74, 6) is -0.947. The highest BCUT2D eigenvalue weighted by Crippen LogP contribution is 2.36. The van der Waals surface area contributed by atoms with Gasteiger partial charge >= 0.3 is 19.8 Å². The molecule has 0 aliphatic rings. The third-order valence-electron chi connectivity index (χ3n) is 10.5. The Hall–Kier alpha value is -2.25. The number of phosphoric acid groups is 1. The van der Waals surface area contributed by atoms with Crippen molar-refractivity contribution in [2.75, 3.05) is 13.2 Å². The van der Waals surface area contributed by atoms with Crippen molar-refractivity contribution < 1.29 is 37.9 Å². The van der Waals surface area contributed by atoms with E-state index in [1.807, 2.05) is 6.08 Å². The van der Waals surface area contributed by atoms with E-state index in [0.29, 0.717) is 19.3 Å². The van der Waals surface area contributed by atoms with Gasteiger partial charge in [-0.15, -0.1) is 0 Å². The summed E-state index contributed by atoms with van der Waals surface area (Å²) in [6.45, 7) is 3.66. The molecule has 9 heteroatoms. The number of rotatable bonds is 45. The molecule has 0 rings (SSSR count). The summed E-state index contributed by atoms with van der Waals surface area (Å²) in [5, 5.41) is 0. The van der Waals surface area contributed by atoms with Gasteiger partial charge in [0.1, 0.15) is 6.61 Å². The number of carbonyl (C=O) groups excluding carboxylic acids is 2. The average Bonchev–Trinajstić information content (AvgIpc) is 3.22. The molecular formula is C51H91O8P. The molecule has 0 aromatic heterocycles. The second kappa shape index (κ2) is 46.3. The first-order valence-electron chi connectivity index (χ1n) is 24.6. The van der Waals surface area contributed by atoms with E-state index >= 15 is 0 Å². The minimum Gasteiger partial charge on any atom is -0.462 e. The Kier molecular flexibility index (Phi) is 44.5. The van der Waals surface area contributed by atoms with E-state index in [4.69, 9.17) is 19.3 Å². The molecule has 0 spiro atoms. The minimum absolute atomic E-state index is 0.135. The van der Waals surface area contributed by atoms with Gasteiger partial charge in [0, 0.05) is 12.8 Å². The molecule has 2 N–H and O–H groups in total. The van der Waals surface area contributed by atoms with Crippen LogP contribution in [0.25, 0.3) is 0 Å². The Morgan fingerprint density at radius 3 is 1.18 bits per heavy atom. The highest BCUT2D eigenvalue weighted by molar-refractivity contribution is 7.46. The Labute approximate surface area is 368 Å². The third kappa shape index (κ3) is 48.4. The molecule has 0 aliphatic carbocycles. The molecule has 0 amide bonds. The lowest BCUT2D eigenvalue weighted by molar-refractivity contribution is -0.161. The summed E-state index contributed by atoms with van der Waals surface area (Å²) < 4.78 is 26.4. The molecule has 0 aromatic rings. The summed E-state index contributed by atoms with van der Waals surface area (Å²) in [6.07, 6.45) is 59.6. The van der Waals surface area contributed by atoms with Gasteiger partial charge in [-0.3, -0.25) is 14.1 Å². The molecule has 0 bridgehead atoms. The topological polar surface area (TPSA) is 119 Å². The van der Waals surface area contributed by atoms with Gasteiger partial charge in [-0.1, -0.05) is 203 Å². The van der Waals surface area contributed by atoms with Crippen LogP contribution < -0.4 is 0 Å². The van der Waals surface area contributed by atoms with Gasteiger partial charge in [0.15, 0.2) is 6.10 Å². The normalized spacial score (nSPS) is 12.9. The summed E-state index contributed by atoms with van der Waals surface area (Å²) in [4.78, 5) is 43.0. The van der Waals surface area contributed by atoms with E-state index in [9.17, 15) is 14.2 Å². The van der Waals surface area contributed by atoms with Crippen LogP contribution in [0.2, 0.25) is 0 Å². The van der Waals surface area contributed by atoms with Gasteiger partial charge in [0.05, 0.1) is 6.61 Å². The van der Waals surface area contributed by atoms with Gasteiger partial charge in [-0.05, 0) is 77.0 Å². The Bertz CT molecular complexity index is 1150. The highest BCUT2D eigenvalue weighted by atomic mass is 31.2. The van der Waals surface area contributed by atoms with E-state index < -0.39 is 32.5 Å². The van der Waals surface area contributed by atoms with Crippen LogP contribution in [-0.4, -0.2) is 41.0 Å². The maximum Gasteiger partial charge on any atom is 0.469 e. The number of esters is 2. The van der Waals surface area contributed by atoms with E-state index in [0.717, 1.165) is 32.1 Å². The van der Waals surface area contributed by atoms with Gasteiger partial charge in [-0.2, -0.15) is 0 Å². The second-order valence-electron chi connectivity index (χ2n) is 16.4. The molecule has 0 unspecified atom stereocenters. The summed E-state index contributed by atoms with van der Waals surface area (Å²) in [5.41, 5.74) is 0. The van der Waals surface area contributed by atoms with E-state index in [1.165, 1.54) is 154 Å².